The minimum atomic E-state index is -0.498. The Bertz CT molecular complexity index is 4430. The predicted molar refractivity (Wildman–Crippen MR) is 300 cm³/mol. The lowest BCUT2D eigenvalue weighted by atomic mass is 9.70. The summed E-state index contributed by atoms with van der Waals surface area (Å²) in [5.74, 6) is 0. The maximum Gasteiger partial charge on any atom is 0.159 e. The summed E-state index contributed by atoms with van der Waals surface area (Å²) in [6.07, 6.45) is 0. The zero-order valence-corrected chi connectivity index (χ0v) is 40.3. The molecule has 2 aromatic heterocycles. The van der Waals surface area contributed by atoms with E-state index in [4.69, 9.17) is 8.83 Å². The topological polar surface area (TPSA) is 29.5 Å². The number of anilines is 3. The number of nitrogens with zero attached hydrogens (tertiary/aromatic N) is 1. The maximum atomic E-state index is 7.65. The summed E-state index contributed by atoms with van der Waals surface area (Å²) in [6, 6.07) is 87.0. The lowest BCUT2D eigenvalue weighted by Crippen LogP contribution is -2.25. The molecule has 3 nitrogen and oxygen atoms in total. The molecule has 342 valence electrons. The average Bonchev–Trinajstić information content (AvgIpc) is 4.31. The molecule has 0 amide bonds. The number of para-hydroxylation sites is 2. The van der Waals surface area contributed by atoms with Gasteiger partial charge in [0.15, 0.2) is 5.58 Å². The standard InChI is InChI=1S/C70H45NO2/c1-69(2)56-28-11-6-22-47(56)51-37-35-46(40-60(51)69)71(45-21-16-20-43(38-45)42-18-4-3-5-19-42)62-32-17-27-53-55-41-64-66(54-26-10-15-33-63(54)72-64)65(68(55)73-67(53)62)44-34-36-52-50-25-9-14-31-59(50)70(61(52)39-44)57-29-12-7-23-48(57)49-24-8-13-30-58(49)70/h3-41H,1-2H3. The van der Waals surface area contributed by atoms with Crippen LogP contribution in [0, 0.1) is 0 Å². The second kappa shape index (κ2) is 14.7. The van der Waals surface area contributed by atoms with E-state index in [1.807, 2.05) is 0 Å². The lowest BCUT2D eigenvalue weighted by molar-refractivity contribution is 0.660. The molecule has 0 fully saturated rings. The Balaban J connectivity index is 0.973. The maximum absolute atomic E-state index is 7.65. The summed E-state index contributed by atoms with van der Waals surface area (Å²) in [4.78, 5) is 2.40. The van der Waals surface area contributed by atoms with E-state index in [9.17, 15) is 0 Å². The molecular formula is C70H45NO2. The van der Waals surface area contributed by atoms with Gasteiger partial charge in [-0.3, -0.25) is 0 Å². The van der Waals surface area contributed by atoms with Gasteiger partial charge in [-0.15, -0.1) is 0 Å². The molecule has 0 saturated heterocycles. The van der Waals surface area contributed by atoms with E-state index >= 15 is 0 Å². The van der Waals surface area contributed by atoms with E-state index in [0.29, 0.717) is 0 Å². The zero-order valence-electron chi connectivity index (χ0n) is 40.3. The first-order valence-corrected chi connectivity index (χ1v) is 25.4. The molecule has 1 spiro atoms. The average molecular weight is 932 g/mol. The largest absolute Gasteiger partial charge is 0.456 e. The van der Waals surface area contributed by atoms with Crippen LogP contribution in [0.4, 0.5) is 17.1 Å². The molecule has 0 saturated carbocycles. The summed E-state index contributed by atoms with van der Waals surface area (Å²) in [6.45, 7) is 4.71. The summed E-state index contributed by atoms with van der Waals surface area (Å²) in [5.41, 5.74) is 25.8. The number of hydrogen-bond acceptors (Lipinski definition) is 3. The van der Waals surface area contributed by atoms with Gasteiger partial charge in [0, 0.05) is 43.9 Å². The van der Waals surface area contributed by atoms with Gasteiger partial charge in [-0.25, -0.2) is 0 Å². The Morgan fingerprint density at radius 1 is 0.329 bits per heavy atom. The van der Waals surface area contributed by atoms with Crippen LogP contribution in [0.15, 0.2) is 245 Å². The smallest absolute Gasteiger partial charge is 0.159 e. The number of furan rings is 2. The first kappa shape index (κ1) is 40.5. The van der Waals surface area contributed by atoms with Crippen LogP contribution in [0.25, 0.3) is 99.5 Å². The van der Waals surface area contributed by atoms with Gasteiger partial charge in [0.1, 0.15) is 16.7 Å². The highest BCUT2D eigenvalue weighted by Crippen LogP contribution is 2.63. The third-order valence-corrected chi connectivity index (χ3v) is 16.7. The van der Waals surface area contributed by atoms with Crippen LogP contribution < -0.4 is 4.90 Å². The van der Waals surface area contributed by atoms with Crippen LogP contribution in [0.1, 0.15) is 47.2 Å². The van der Waals surface area contributed by atoms with Gasteiger partial charge >= 0.3 is 0 Å². The molecule has 73 heavy (non-hydrogen) atoms. The van der Waals surface area contributed by atoms with Crippen LogP contribution >= 0.6 is 0 Å². The van der Waals surface area contributed by atoms with Crippen LogP contribution in [-0.4, -0.2) is 0 Å². The monoisotopic (exact) mass is 931 g/mol. The van der Waals surface area contributed by atoms with Crippen molar-refractivity contribution in [2.24, 2.45) is 0 Å². The fourth-order valence-electron chi connectivity index (χ4n) is 13.5. The second-order valence-corrected chi connectivity index (χ2v) is 20.7. The first-order chi connectivity index (χ1) is 36.0. The number of hydrogen-bond donors (Lipinski definition) is 0. The van der Waals surface area contributed by atoms with Crippen molar-refractivity contribution in [2.75, 3.05) is 4.90 Å². The molecule has 3 heteroatoms. The van der Waals surface area contributed by atoms with E-state index in [0.717, 1.165) is 77.6 Å². The Labute approximate surface area is 422 Å². The fourth-order valence-corrected chi connectivity index (χ4v) is 13.5. The van der Waals surface area contributed by atoms with Crippen LogP contribution in [0.2, 0.25) is 0 Å². The minimum Gasteiger partial charge on any atom is -0.456 e. The van der Waals surface area contributed by atoms with Crippen molar-refractivity contribution in [2.45, 2.75) is 24.7 Å². The highest BCUT2D eigenvalue weighted by molar-refractivity contribution is 6.24. The van der Waals surface area contributed by atoms with Crippen molar-refractivity contribution in [3.63, 3.8) is 0 Å². The van der Waals surface area contributed by atoms with Gasteiger partial charge in [-0.1, -0.05) is 202 Å². The summed E-state index contributed by atoms with van der Waals surface area (Å²) in [5, 5.41) is 4.15. The van der Waals surface area contributed by atoms with Gasteiger partial charge in [-0.05, 0) is 132 Å². The summed E-state index contributed by atoms with van der Waals surface area (Å²) >= 11 is 0. The highest BCUT2D eigenvalue weighted by Gasteiger charge is 2.51. The van der Waals surface area contributed by atoms with E-state index in [-0.39, 0.29) is 5.41 Å². The normalized spacial score (nSPS) is 14.1. The Morgan fingerprint density at radius 2 is 0.890 bits per heavy atom. The van der Waals surface area contributed by atoms with E-state index in [1.54, 1.807) is 0 Å². The molecule has 3 aliphatic rings. The molecule has 2 heterocycles. The number of rotatable bonds is 5. The van der Waals surface area contributed by atoms with E-state index in [1.165, 1.54) is 72.3 Å². The fraction of sp³-hybridized carbons (Fsp3) is 0.0571. The van der Waals surface area contributed by atoms with Crippen LogP contribution in [-0.2, 0) is 10.8 Å². The summed E-state index contributed by atoms with van der Waals surface area (Å²) in [7, 11) is 0. The van der Waals surface area contributed by atoms with Crippen molar-refractivity contribution in [1.82, 2.24) is 0 Å². The van der Waals surface area contributed by atoms with Crippen molar-refractivity contribution in [3.05, 3.63) is 270 Å². The molecule has 0 bridgehead atoms. The molecule has 0 N–H and O–H groups in total. The van der Waals surface area contributed by atoms with E-state index < -0.39 is 5.41 Å². The molecule has 3 aliphatic carbocycles. The van der Waals surface area contributed by atoms with Gasteiger partial charge < -0.3 is 13.7 Å². The first-order valence-electron chi connectivity index (χ1n) is 25.4. The van der Waals surface area contributed by atoms with Gasteiger partial charge in [-0.2, -0.15) is 0 Å². The molecular weight excluding hydrogens is 887 g/mol. The molecule has 0 aliphatic heterocycles. The van der Waals surface area contributed by atoms with Gasteiger partial charge in [0.05, 0.1) is 11.1 Å². The van der Waals surface area contributed by atoms with Gasteiger partial charge in [0.2, 0.25) is 0 Å². The molecule has 0 unspecified atom stereocenters. The number of benzene rings is 11. The number of fused-ring (bicyclic) bond motifs is 19. The SMILES string of the molecule is CC1(C)c2ccccc2-c2ccc(N(c3cccc(-c4ccccc4)c3)c3cccc4c3oc3c(-c5ccc6c(c5)C5(c7ccccc7-c7ccccc75)c5ccccc5-6)c5c(cc34)oc3ccccc35)cc21. The Morgan fingerprint density at radius 3 is 1.63 bits per heavy atom. The second-order valence-electron chi connectivity index (χ2n) is 20.7. The third-order valence-electron chi connectivity index (χ3n) is 16.7. The summed E-state index contributed by atoms with van der Waals surface area (Å²) < 4.78 is 14.5. The van der Waals surface area contributed by atoms with Crippen LogP contribution in [0.3, 0.4) is 0 Å². The minimum absolute atomic E-state index is 0.185. The highest BCUT2D eigenvalue weighted by atomic mass is 16.3. The molecule has 11 aromatic carbocycles. The lowest BCUT2D eigenvalue weighted by Gasteiger charge is -2.30. The quantitative estimate of drug-likeness (QED) is 0.172. The van der Waals surface area contributed by atoms with Gasteiger partial charge in [0.25, 0.3) is 0 Å². The van der Waals surface area contributed by atoms with Crippen molar-refractivity contribution in [3.8, 4) is 55.6 Å². The van der Waals surface area contributed by atoms with Crippen molar-refractivity contribution in [1.29, 1.82) is 0 Å². The third kappa shape index (κ3) is 5.38. The zero-order chi connectivity index (χ0) is 48.2. The molecule has 16 rings (SSSR count). The van der Waals surface area contributed by atoms with Crippen molar-refractivity contribution >= 4 is 60.9 Å². The van der Waals surface area contributed by atoms with Crippen molar-refractivity contribution < 1.29 is 8.83 Å². The Kier molecular flexibility index (Phi) is 8.16. The molecule has 0 radical (unpaired) electrons. The van der Waals surface area contributed by atoms with E-state index in [2.05, 4.69) is 255 Å². The Hall–Kier alpha value is -9.18. The molecule has 13 aromatic rings. The predicted octanol–water partition coefficient (Wildman–Crippen LogP) is 18.9. The van der Waals surface area contributed by atoms with Crippen LogP contribution in [0.5, 0.6) is 0 Å². The molecule has 0 atom stereocenters.